The number of benzene rings is 7. The van der Waals surface area contributed by atoms with Crippen LogP contribution < -0.4 is 4.90 Å². The van der Waals surface area contributed by atoms with E-state index in [4.69, 9.17) is 0 Å². The number of allylic oxidation sites excluding steroid dienone is 3. The van der Waals surface area contributed by atoms with Crippen LogP contribution in [0.2, 0.25) is 0 Å². The molecule has 3 aliphatic carbocycles. The Hall–Kier alpha value is -5.31. The third kappa shape index (κ3) is 6.51. The van der Waals surface area contributed by atoms with Crippen LogP contribution in [0.25, 0.3) is 61.0 Å². The summed E-state index contributed by atoms with van der Waals surface area (Å²) < 4.78 is 0.464. The van der Waals surface area contributed by atoms with E-state index in [9.17, 15) is 0 Å². The van der Waals surface area contributed by atoms with Crippen LogP contribution in [0.4, 0.5) is 11.4 Å². The highest BCUT2D eigenvalue weighted by Gasteiger charge is 2.68. The average molecular weight is 774 g/mol. The highest BCUT2D eigenvalue weighted by molar-refractivity contribution is 8.01. The number of fused-ring (bicyclic) bond motifs is 4. The minimum Gasteiger partial charge on any atom is -0.314 e. The Morgan fingerprint density at radius 3 is 2.16 bits per heavy atom. The molecule has 11 rings (SSSR count). The molecule has 2 fully saturated rings. The number of anilines is 2. The zero-order valence-electron chi connectivity index (χ0n) is 34.8. The highest BCUT2D eigenvalue weighted by Crippen LogP contribution is 2.75. The summed E-state index contributed by atoms with van der Waals surface area (Å²) in [5, 5.41) is 5.82. The number of rotatable bonds is 7. The summed E-state index contributed by atoms with van der Waals surface area (Å²) >= 11 is 2.32. The fourth-order valence-electron chi connectivity index (χ4n) is 10.2. The van der Waals surface area contributed by atoms with Crippen molar-refractivity contribution in [2.75, 3.05) is 4.90 Å². The van der Waals surface area contributed by atoms with Crippen molar-refractivity contribution in [2.24, 2.45) is 5.41 Å². The topological polar surface area (TPSA) is 3.24 Å². The molecule has 0 radical (unpaired) electrons. The third-order valence-electron chi connectivity index (χ3n) is 13.0. The lowest BCUT2D eigenvalue weighted by atomic mass is 9.88. The van der Waals surface area contributed by atoms with Gasteiger partial charge in [-0.25, -0.2) is 0 Å². The van der Waals surface area contributed by atoms with Crippen LogP contribution in [0.3, 0.4) is 0 Å². The molecular weight excluding hydrogens is 719 g/mol. The molecule has 3 atom stereocenters. The lowest BCUT2D eigenvalue weighted by Crippen LogP contribution is -2.29. The van der Waals surface area contributed by atoms with Gasteiger partial charge >= 0.3 is 0 Å². The van der Waals surface area contributed by atoms with E-state index in [0.29, 0.717) is 15.4 Å². The molecule has 7 aromatic carbocycles. The molecule has 2 heteroatoms. The Morgan fingerprint density at radius 1 is 0.655 bits per heavy atom. The van der Waals surface area contributed by atoms with E-state index >= 15 is 0 Å². The van der Waals surface area contributed by atoms with Gasteiger partial charge in [-0.1, -0.05) is 155 Å². The van der Waals surface area contributed by atoms with Crippen LogP contribution >= 0.6 is 11.8 Å². The summed E-state index contributed by atoms with van der Waals surface area (Å²) in [4.78, 5) is 2.55. The van der Waals surface area contributed by atoms with E-state index in [0.717, 1.165) is 6.42 Å². The third-order valence-corrected chi connectivity index (χ3v) is 15.0. The summed E-state index contributed by atoms with van der Waals surface area (Å²) in [5.74, 6) is 0. The predicted octanol–water partition coefficient (Wildman–Crippen LogP) is 16.6. The van der Waals surface area contributed by atoms with Gasteiger partial charge in [-0.15, -0.1) is 0 Å². The molecule has 0 bridgehead atoms. The average Bonchev–Trinajstić information content (AvgIpc) is 3.88. The standard InChI is InChI=1S/C52H43NS.2C2H6/c1-35-12-5-6-13-36(35)31-42(33-43-26-29-51-27-9-10-28-52(51,34-51)54-43)53(40-14-3-2-4-15-40)41-23-22-37-30-39(21-20-38(37)32-41)44-24-25-49-46-17-8-7-16-45(46)48-19-11-18-47(44)50(48)49;2*1-2/h2-9,11-25,27,30-32,43H,10,26,28-29,33-34H2,1H3;2*1-2H3/b42-31+;;. The highest BCUT2D eigenvalue weighted by atomic mass is 32.2. The first-order valence-corrected chi connectivity index (χ1v) is 22.6. The van der Waals surface area contributed by atoms with Crippen LogP contribution in [0.5, 0.6) is 0 Å². The lowest BCUT2D eigenvalue weighted by Gasteiger charge is -2.37. The number of nitrogens with zero attached hydrogens (tertiary/aromatic N) is 1. The minimum atomic E-state index is 0.464. The first-order valence-electron chi connectivity index (χ1n) is 21.7. The van der Waals surface area contributed by atoms with Crippen molar-refractivity contribution >= 4 is 50.8 Å². The first kappa shape index (κ1) is 38.2. The maximum Gasteiger partial charge on any atom is 0.0464 e. The molecule has 1 nitrogen and oxygen atoms in total. The lowest BCUT2D eigenvalue weighted by molar-refractivity contribution is 0.460. The Bertz CT molecular complexity index is 2660. The van der Waals surface area contributed by atoms with Gasteiger partial charge in [-0.2, -0.15) is 11.8 Å². The quantitative estimate of drug-likeness (QED) is 0.148. The fourth-order valence-corrected chi connectivity index (χ4v) is 12.3. The van der Waals surface area contributed by atoms with E-state index in [-0.39, 0.29) is 0 Å². The van der Waals surface area contributed by atoms with Crippen molar-refractivity contribution in [3.05, 3.63) is 175 Å². The molecule has 0 spiro atoms. The van der Waals surface area contributed by atoms with E-state index < -0.39 is 0 Å². The summed E-state index contributed by atoms with van der Waals surface area (Å²) in [5.41, 5.74) is 14.8. The van der Waals surface area contributed by atoms with Gasteiger partial charge in [-0.05, 0) is 148 Å². The van der Waals surface area contributed by atoms with Gasteiger partial charge in [0.25, 0.3) is 0 Å². The molecule has 1 saturated carbocycles. The summed E-state index contributed by atoms with van der Waals surface area (Å²) in [6, 6.07) is 54.3. The Kier molecular flexibility index (Phi) is 10.4. The normalized spacial score (nSPS) is 20.8. The van der Waals surface area contributed by atoms with Crippen molar-refractivity contribution < 1.29 is 0 Å². The minimum absolute atomic E-state index is 0.464. The summed E-state index contributed by atoms with van der Waals surface area (Å²) in [6.07, 6.45) is 15.1. The van der Waals surface area contributed by atoms with Gasteiger partial charge in [0.1, 0.15) is 0 Å². The molecule has 3 unspecified atom stereocenters. The summed E-state index contributed by atoms with van der Waals surface area (Å²) in [6.45, 7) is 10.2. The zero-order chi connectivity index (χ0) is 39.9. The molecule has 58 heavy (non-hydrogen) atoms. The van der Waals surface area contributed by atoms with E-state index in [1.807, 2.05) is 27.7 Å². The predicted molar refractivity (Wildman–Crippen MR) is 255 cm³/mol. The van der Waals surface area contributed by atoms with E-state index in [1.165, 1.54) is 115 Å². The Morgan fingerprint density at radius 2 is 1.34 bits per heavy atom. The Balaban J connectivity index is 0.00000106. The second-order valence-corrected chi connectivity index (χ2v) is 17.8. The molecule has 1 aliphatic heterocycles. The molecule has 7 aromatic rings. The fraction of sp³-hybridized carbons (Fsp3) is 0.250. The molecule has 290 valence electrons. The van der Waals surface area contributed by atoms with Gasteiger partial charge in [0, 0.05) is 32.5 Å². The molecule has 0 aromatic heterocycles. The van der Waals surface area contributed by atoms with Gasteiger partial charge < -0.3 is 4.90 Å². The van der Waals surface area contributed by atoms with Gasteiger partial charge in [0.05, 0.1) is 0 Å². The maximum atomic E-state index is 2.59. The van der Waals surface area contributed by atoms with E-state index in [2.05, 4.69) is 187 Å². The number of para-hydroxylation sites is 1. The smallest absolute Gasteiger partial charge is 0.0464 e. The summed E-state index contributed by atoms with van der Waals surface area (Å²) in [7, 11) is 0. The van der Waals surface area contributed by atoms with Gasteiger partial charge in [0.15, 0.2) is 0 Å². The van der Waals surface area contributed by atoms with Crippen molar-refractivity contribution in [1.29, 1.82) is 0 Å². The molecule has 1 heterocycles. The van der Waals surface area contributed by atoms with Gasteiger partial charge in [-0.3, -0.25) is 0 Å². The van der Waals surface area contributed by atoms with Crippen LogP contribution in [0.15, 0.2) is 163 Å². The van der Waals surface area contributed by atoms with Crippen LogP contribution in [0.1, 0.15) is 77.3 Å². The second kappa shape index (κ2) is 15.8. The SMILES string of the molecule is CC.CC.Cc1ccccc1/C=C(\CC1CCC23C=CCCC2(C3)S1)N(c1ccccc1)c1ccc2cc(-c3ccc4c5c(cccc35)-c3ccccc3-4)ccc2c1. The second-order valence-electron chi connectivity index (χ2n) is 16.1. The van der Waals surface area contributed by atoms with Crippen molar-refractivity contribution in [3.8, 4) is 33.4 Å². The zero-order valence-corrected chi connectivity index (χ0v) is 35.6. The van der Waals surface area contributed by atoms with Crippen LogP contribution in [-0.2, 0) is 0 Å². The molecule has 0 N–H and O–H groups in total. The maximum absolute atomic E-state index is 2.59. The van der Waals surface area contributed by atoms with Gasteiger partial charge in [0.2, 0.25) is 0 Å². The number of hydrogen-bond donors (Lipinski definition) is 0. The van der Waals surface area contributed by atoms with Crippen LogP contribution in [-0.4, -0.2) is 10.00 Å². The van der Waals surface area contributed by atoms with Crippen molar-refractivity contribution in [2.45, 2.75) is 83.1 Å². The van der Waals surface area contributed by atoms with E-state index in [1.54, 1.807) is 0 Å². The number of aryl methyl sites for hydroxylation is 1. The number of thioether (sulfide) groups is 1. The van der Waals surface area contributed by atoms with Crippen molar-refractivity contribution in [1.82, 2.24) is 0 Å². The molecular formula is C56H55NS. The Labute approximate surface area is 350 Å². The largest absolute Gasteiger partial charge is 0.314 e. The van der Waals surface area contributed by atoms with Crippen LogP contribution in [0, 0.1) is 12.3 Å². The molecule has 1 saturated heterocycles. The van der Waals surface area contributed by atoms with Crippen molar-refractivity contribution in [3.63, 3.8) is 0 Å². The number of hydrogen-bond acceptors (Lipinski definition) is 2. The first-order chi connectivity index (χ1) is 28.6. The molecule has 0 amide bonds. The monoisotopic (exact) mass is 773 g/mol. The molecule has 4 aliphatic rings.